The van der Waals surface area contributed by atoms with E-state index in [9.17, 15) is 0 Å². The molecule has 0 aromatic heterocycles. The molecule has 258 valence electrons. The molecule has 0 amide bonds. The molecule has 9 rings (SSSR count). The largest absolute Gasteiger partial charge is 0.381 e. The van der Waals surface area contributed by atoms with Crippen molar-refractivity contribution in [3.63, 3.8) is 0 Å². The second kappa shape index (κ2) is 14.5. The number of fused-ring (bicyclic) bond motifs is 3. The van der Waals surface area contributed by atoms with Crippen LogP contribution in [0.25, 0.3) is 0 Å². The molecular weight excluding hydrogens is 605 g/mol. The van der Waals surface area contributed by atoms with E-state index in [0.717, 1.165) is 25.2 Å². The average molecular weight is 661 g/mol. The van der Waals surface area contributed by atoms with Crippen molar-refractivity contribution in [1.29, 1.82) is 0 Å². The molecule has 8 aliphatic rings. The summed E-state index contributed by atoms with van der Waals surface area (Å²) >= 11 is 0. The third-order valence-corrected chi connectivity index (χ3v) is 13.4. The highest BCUT2D eigenvalue weighted by atomic mass is 15.3. The molecule has 1 aromatic carbocycles. The predicted molar refractivity (Wildman–Crippen MR) is 209 cm³/mol. The number of benzene rings is 1. The number of allylic oxidation sites excluding steroid dienone is 15. The third kappa shape index (κ3) is 6.50. The summed E-state index contributed by atoms with van der Waals surface area (Å²) in [5, 5.41) is 4.07. The van der Waals surface area contributed by atoms with Gasteiger partial charge in [-0.05, 0) is 141 Å². The van der Waals surface area contributed by atoms with Crippen molar-refractivity contribution in [2.24, 2.45) is 23.7 Å². The lowest BCUT2D eigenvalue weighted by atomic mass is 9.71. The Morgan fingerprint density at radius 2 is 1.68 bits per heavy atom. The van der Waals surface area contributed by atoms with E-state index in [2.05, 4.69) is 132 Å². The van der Waals surface area contributed by atoms with Crippen LogP contribution < -0.4 is 5.32 Å². The van der Waals surface area contributed by atoms with Gasteiger partial charge in [-0.1, -0.05) is 121 Å². The minimum absolute atomic E-state index is 0.395. The van der Waals surface area contributed by atoms with Crippen molar-refractivity contribution >= 4 is 0 Å². The van der Waals surface area contributed by atoms with Gasteiger partial charge in [0.05, 0.1) is 0 Å². The summed E-state index contributed by atoms with van der Waals surface area (Å²) in [7, 11) is 0. The lowest BCUT2D eigenvalue weighted by molar-refractivity contribution is 0.123. The zero-order valence-electron chi connectivity index (χ0n) is 29.9. The number of likely N-dealkylation sites (tertiary alicyclic amines) is 1. The first kappa shape index (κ1) is 32.3. The fourth-order valence-electron chi connectivity index (χ4n) is 11.0. The zero-order valence-corrected chi connectivity index (χ0v) is 29.9. The van der Waals surface area contributed by atoms with E-state index in [0.29, 0.717) is 47.8 Å². The van der Waals surface area contributed by atoms with Crippen molar-refractivity contribution in [3.8, 4) is 0 Å². The highest BCUT2D eigenvalue weighted by Gasteiger charge is 2.51. The summed E-state index contributed by atoms with van der Waals surface area (Å²) in [6, 6.07) is 13.4. The highest BCUT2D eigenvalue weighted by molar-refractivity contribution is 5.48. The standard InChI is InChI=1S/C48H56N2/c1-5-15-34(16-6-1)39-29-40(35-17-7-2-8-18-35)31-42(30-39)50-47-24-14-13-23-44(47)45-28-26-38(33-48(45)50)37-25-27-43(36-19-9-3-10-20-36)46(32-37)49-41-21-11-4-12-22-41/h1,4-7,11-12,14-19,21,24-28,31,37-39,41-42,44-45,47-49H,2-3,8-10,13,20,22-23,29-30,32-33H2. The Bertz CT molecular complexity index is 1720. The van der Waals surface area contributed by atoms with E-state index in [1.54, 1.807) is 11.1 Å². The quantitative estimate of drug-likeness (QED) is 0.293. The fourth-order valence-corrected chi connectivity index (χ4v) is 11.0. The Balaban J connectivity index is 1.02. The Kier molecular flexibility index (Phi) is 9.40. The molecule has 0 bridgehead atoms. The second-order valence-corrected chi connectivity index (χ2v) is 16.4. The molecule has 1 aromatic rings. The lowest BCUT2D eigenvalue weighted by Gasteiger charge is -2.43. The number of hydrogen-bond acceptors (Lipinski definition) is 2. The van der Waals surface area contributed by atoms with Crippen LogP contribution in [-0.2, 0) is 0 Å². The smallest absolute Gasteiger partial charge is 0.0479 e. The van der Waals surface area contributed by atoms with E-state index in [4.69, 9.17) is 0 Å². The molecule has 2 heteroatoms. The summed E-state index contributed by atoms with van der Waals surface area (Å²) in [6.07, 6.45) is 53.2. The van der Waals surface area contributed by atoms with Crippen LogP contribution in [0, 0.1) is 23.7 Å². The van der Waals surface area contributed by atoms with Crippen LogP contribution in [0.15, 0.2) is 149 Å². The Morgan fingerprint density at radius 1 is 0.720 bits per heavy atom. The number of hydrogen-bond donors (Lipinski definition) is 1. The molecule has 0 radical (unpaired) electrons. The second-order valence-electron chi connectivity index (χ2n) is 16.4. The van der Waals surface area contributed by atoms with E-state index in [1.165, 1.54) is 86.6 Å². The Labute approximate surface area is 301 Å². The van der Waals surface area contributed by atoms with Gasteiger partial charge in [0.2, 0.25) is 0 Å². The van der Waals surface area contributed by atoms with Gasteiger partial charge in [-0.2, -0.15) is 0 Å². The molecule has 1 fully saturated rings. The van der Waals surface area contributed by atoms with E-state index < -0.39 is 0 Å². The minimum Gasteiger partial charge on any atom is -0.381 e. The first-order valence-electron chi connectivity index (χ1n) is 20.2. The maximum Gasteiger partial charge on any atom is 0.0479 e. The van der Waals surface area contributed by atoms with Crippen LogP contribution in [0.4, 0.5) is 0 Å². The van der Waals surface area contributed by atoms with Crippen LogP contribution in [-0.4, -0.2) is 29.1 Å². The van der Waals surface area contributed by atoms with Gasteiger partial charge in [-0.3, -0.25) is 4.90 Å². The van der Waals surface area contributed by atoms with E-state index >= 15 is 0 Å². The number of nitrogens with one attached hydrogen (secondary N) is 1. The van der Waals surface area contributed by atoms with Gasteiger partial charge in [0.15, 0.2) is 0 Å². The molecule has 9 atom stereocenters. The number of rotatable bonds is 7. The van der Waals surface area contributed by atoms with Crippen LogP contribution in [0.1, 0.15) is 95.0 Å². The van der Waals surface area contributed by atoms with Gasteiger partial charge in [0, 0.05) is 29.9 Å². The van der Waals surface area contributed by atoms with Gasteiger partial charge in [-0.25, -0.2) is 0 Å². The summed E-state index contributed by atoms with van der Waals surface area (Å²) < 4.78 is 0. The van der Waals surface area contributed by atoms with Gasteiger partial charge in [0.1, 0.15) is 0 Å². The molecule has 1 N–H and O–H groups in total. The third-order valence-electron chi connectivity index (χ3n) is 13.4. The molecule has 1 heterocycles. The van der Waals surface area contributed by atoms with Gasteiger partial charge in [-0.15, -0.1) is 0 Å². The minimum atomic E-state index is 0.395. The van der Waals surface area contributed by atoms with Crippen molar-refractivity contribution in [3.05, 3.63) is 155 Å². The molecule has 1 aliphatic heterocycles. The molecule has 0 spiro atoms. The van der Waals surface area contributed by atoms with Crippen LogP contribution in [0.3, 0.4) is 0 Å². The normalized spacial score (nSPS) is 36.5. The molecule has 0 saturated carbocycles. The summed E-state index contributed by atoms with van der Waals surface area (Å²) in [5.41, 5.74) is 9.16. The van der Waals surface area contributed by atoms with E-state index in [-0.39, 0.29) is 0 Å². The summed E-state index contributed by atoms with van der Waals surface area (Å²) in [5.74, 6) is 3.07. The average Bonchev–Trinajstić information content (AvgIpc) is 3.53. The van der Waals surface area contributed by atoms with Crippen molar-refractivity contribution in [1.82, 2.24) is 10.2 Å². The van der Waals surface area contributed by atoms with Crippen LogP contribution in [0.2, 0.25) is 0 Å². The Hall–Kier alpha value is -3.62. The van der Waals surface area contributed by atoms with Gasteiger partial charge < -0.3 is 5.32 Å². The van der Waals surface area contributed by atoms with Crippen molar-refractivity contribution in [2.45, 2.75) is 114 Å². The van der Waals surface area contributed by atoms with Crippen LogP contribution >= 0.6 is 0 Å². The van der Waals surface area contributed by atoms with Gasteiger partial charge in [0.25, 0.3) is 0 Å². The molecule has 7 aliphatic carbocycles. The van der Waals surface area contributed by atoms with Crippen LogP contribution in [0.5, 0.6) is 0 Å². The lowest BCUT2D eigenvalue weighted by Crippen LogP contribution is -2.47. The fraction of sp³-hybridized carbons (Fsp3) is 0.458. The SMILES string of the molecule is C1=CCC(NC2=C(C3=CCCCC3)C=CC(C3C=CC4C5CCC=CC5N(C5C=C(C6=CCCC=C6)CC(c6ccccc6)C5)C4C3)C2)C=C1. The predicted octanol–water partition coefficient (Wildman–Crippen LogP) is 11.2. The Morgan fingerprint density at radius 3 is 2.52 bits per heavy atom. The summed E-state index contributed by atoms with van der Waals surface area (Å²) in [6.45, 7) is 0. The van der Waals surface area contributed by atoms with Crippen molar-refractivity contribution in [2.75, 3.05) is 0 Å². The topological polar surface area (TPSA) is 15.3 Å². The maximum atomic E-state index is 4.07. The molecule has 1 saturated heterocycles. The molecular formula is C48H56N2. The zero-order chi connectivity index (χ0) is 33.3. The molecule has 2 nitrogen and oxygen atoms in total. The first-order valence-corrected chi connectivity index (χ1v) is 20.2. The number of nitrogens with zero attached hydrogens (tertiary/aromatic N) is 1. The summed E-state index contributed by atoms with van der Waals surface area (Å²) in [4.78, 5) is 3.06. The molecule has 9 unspecified atom stereocenters. The molecule has 50 heavy (non-hydrogen) atoms. The van der Waals surface area contributed by atoms with Crippen molar-refractivity contribution < 1.29 is 0 Å². The van der Waals surface area contributed by atoms with E-state index in [1.807, 2.05) is 0 Å². The first-order chi connectivity index (χ1) is 24.8. The maximum absolute atomic E-state index is 4.07. The van der Waals surface area contributed by atoms with Gasteiger partial charge >= 0.3 is 0 Å². The monoisotopic (exact) mass is 660 g/mol. The highest BCUT2D eigenvalue weighted by Crippen LogP contribution is 2.51.